The van der Waals surface area contributed by atoms with Gasteiger partial charge < -0.3 is 20.1 Å². The molecule has 0 aliphatic heterocycles. The number of rotatable bonds is 14. The van der Waals surface area contributed by atoms with Crippen molar-refractivity contribution in [1.29, 1.82) is 0 Å². The number of allylic oxidation sites excluding steroid dienone is 1. The number of fused-ring (bicyclic) bond motifs is 1. The van der Waals surface area contributed by atoms with Gasteiger partial charge in [-0.25, -0.2) is 4.98 Å². The Bertz CT molecular complexity index is 1500. The molecule has 3 aromatic rings. The van der Waals surface area contributed by atoms with Crippen molar-refractivity contribution < 1.29 is 9.63 Å². The predicted octanol–water partition coefficient (Wildman–Crippen LogP) is 8.20. The monoisotopic (exact) mass is 573 g/mol. The first-order chi connectivity index (χ1) is 20.1. The van der Waals surface area contributed by atoms with E-state index in [1.807, 2.05) is 46.8 Å². The van der Waals surface area contributed by atoms with Gasteiger partial charge in [-0.05, 0) is 90.0 Å². The van der Waals surface area contributed by atoms with Gasteiger partial charge in [0.2, 0.25) is 0 Å². The van der Waals surface area contributed by atoms with Crippen LogP contribution >= 0.6 is 0 Å². The molecule has 42 heavy (non-hydrogen) atoms. The van der Waals surface area contributed by atoms with Crippen LogP contribution < -0.4 is 5.32 Å². The second kappa shape index (κ2) is 15.3. The van der Waals surface area contributed by atoms with Crippen LogP contribution in [0.2, 0.25) is 0 Å². The zero-order chi connectivity index (χ0) is 30.8. The van der Waals surface area contributed by atoms with Crippen LogP contribution in [0.25, 0.3) is 27.9 Å². The lowest BCUT2D eigenvalue weighted by molar-refractivity contribution is 0.0950. The maximum Gasteiger partial charge on any atom is 0.287 e. The Hall–Kier alpha value is -4.01. The summed E-state index contributed by atoms with van der Waals surface area (Å²) in [6, 6.07) is 8.14. The molecule has 0 aliphatic carbocycles. The number of carbonyl (C=O) groups is 1. The number of oxime groups is 1. The molecule has 9 heteroatoms. The molecule has 1 amide bonds. The first kappa shape index (κ1) is 32.5. The Morgan fingerprint density at radius 3 is 2.50 bits per heavy atom. The topological polar surface area (TPSA) is 120 Å². The number of aryl methyl sites for hydroxylation is 1. The first-order valence-electron chi connectivity index (χ1n) is 15.0. The van der Waals surface area contributed by atoms with Gasteiger partial charge in [0, 0.05) is 27.9 Å². The summed E-state index contributed by atoms with van der Waals surface area (Å²) in [6.07, 6.45) is 5.06. The van der Waals surface area contributed by atoms with E-state index in [0.717, 1.165) is 94.1 Å². The van der Waals surface area contributed by atoms with E-state index in [0.29, 0.717) is 12.5 Å². The Morgan fingerprint density at radius 1 is 1.07 bits per heavy atom. The Balaban J connectivity index is 1.77. The Morgan fingerprint density at radius 2 is 1.83 bits per heavy atom. The molecule has 1 atom stereocenters. The summed E-state index contributed by atoms with van der Waals surface area (Å²) in [5.74, 6) is 1.11. The van der Waals surface area contributed by atoms with Crippen molar-refractivity contribution in [1.82, 2.24) is 20.3 Å². The molecule has 1 aromatic carbocycles. The van der Waals surface area contributed by atoms with Crippen molar-refractivity contribution >= 4 is 39.7 Å². The van der Waals surface area contributed by atoms with Gasteiger partial charge in [0.25, 0.3) is 5.91 Å². The molecule has 0 saturated heterocycles. The van der Waals surface area contributed by atoms with Crippen LogP contribution in [-0.4, -0.2) is 44.5 Å². The fraction of sp³-hybridized carbons (Fsp3) is 0.485. The summed E-state index contributed by atoms with van der Waals surface area (Å²) < 4.78 is 0. The zero-order valence-corrected chi connectivity index (χ0v) is 26.7. The van der Waals surface area contributed by atoms with Crippen LogP contribution in [0.3, 0.4) is 0 Å². The van der Waals surface area contributed by atoms with Gasteiger partial charge in [-0.15, -0.1) is 0 Å². The number of hydrogen-bond donors (Lipinski definition) is 3. The van der Waals surface area contributed by atoms with E-state index in [9.17, 15) is 4.79 Å². The summed E-state index contributed by atoms with van der Waals surface area (Å²) in [7, 11) is 0. The van der Waals surface area contributed by atoms with E-state index in [4.69, 9.17) is 4.84 Å². The van der Waals surface area contributed by atoms with Crippen LogP contribution in [0.15, 0.2) is 45.2 Å². The van der Waals surface area contributed by atoms with Crippen LogP contribution in [0.4, 0.5) is 0 Å². The minimum atomic E-state index is -0.283. The van der Waals surface area contributed by atoms with E-state index in [2.05, 4.69) is 75.5 Å². The molecular formula is C33H47N7O2. The number of imidazole rings is 1. The van der Waals surface area contributed by atoms with Crippen molar-refractivity contribution in [2.24, 2.45) is 21.3 Å². The third-order valence-corrected chi connectivity index (χ3v) is 7.30. The maximum absolute atomic E-state index is 12.9. The second-order valence-electron chi connectivity index (χ2n) is 11.2. The second-order valence-corrected chi connectivity index (χ2v) is 11.2. The highest BCUT2D eigenvalue weighted by atomic mass is 16.6. The van der Waals surface area contributed by atoms with E-state index in [1.54, 1.807) is 0 Å². The highest BCUT2D eigenvalue weighted by Gasteiger charge is 2.17. The van der Waals surface area contributed by atoms with Crippen LogP contribution in [0.5, 0.6) is 0 Å². The van der Waals surface area contributed by atoms with Gasteiger partial charge in [0.15, 0.2) is 11.6 Å². The highest BCUT2D eigenvalue weighted by molar-refractivity contribution is 5.96. The number of carbonyl (C=O) groups excluding carboxylic acids is 1. The van der Waals surface area contributed by atoms with E-state index in [-0.39, 0.29) is 11.7 Å². The molecule has 2 heterocycles. The highest BCUT2D eigenvalue weighted by Crippen LogP contribution is 2.30. The standard InChI is InChI=1S/C33H47N7O2/c1-10-13-14-27(21(6)11-2)39-38-23(8)19-34-33(41)32-35-24(9)30(37-32)25-15-16-28-26(17-25)18-29(36-28)31(22(7)12-3)42-40-20(4)5/h15-18,21,36H,10-14,19H2,1-9H3,(H,34,41)(H,35,37)/b31-22?,38-23+,39-27-. The summed E-state index contributed by atoms with van der Waals surface area (Å²) in [5, 5.41) is 17.0. The first-order valence-corrected chi connectivity index (χ1v) is 15.0. The lowest BCUT2D eigenvalue weighted by Crippen LogP contribution is -2.29. The number of H-pyrrole nitrogens is 2. The molecule has 2 aromatic heterocycles. The number of amides is 1. The predicted molar refractivity (Wildman–Crippen MR) is 175 cm³/mol. The minimum absolute atomic E-state index is 0.266. The lowest BCUT2D eigenvalue weighted by atomic mass is 9.98. The van der Waals surface area contributed by atoms with Gasteiger partial charge in [-0.2, -0.15) is 10.2 Å². The van der Waals surface area contributed by atoms with Crippen molar-refractivity contribution in [2.45, 2.75) is 94.4 Å². The summed E-state index contributed by atoms with van der Waals surface area (Å²) in [5.41, 5.74) is 8.12. The smallest absolute Gasteiger partial charge is 0.287 e. The van der Waals surface area contributed by atoms with Crippen molar-refractivity contribution in [2.75, 3.05) is 6.54 Å². The summed E-state index contributed by atoms with van der Waals surface area (Å²) >= 11 is 0. The van der Waals surface area contributed by atoms with E-state index >= 15 is 0 Å². The van der Waals surface area contributed by atoms with Crippen LogP contribution in [0.1, 0.15) is 110 Å². The van der Waals surface area contributed by atoms with E-state index < -0.39 is 0 Å². The number of aromatic amines is 2. The average molecular weight is 574 g/mol. The zero-order valence-electron chi connectivity index (χ0n) is 26.7. The number of hydrogen-bond acceptors (Lipinski definition) is 6. The van der Waals surface area contributed by atoms with E-state index in [1.165, 1.54) is 0 Å². The van der Waals surface area contributed by atoms with Crippen molar-refractivity contribution in [3.05, 3.63) is 47.1 Å². The molecule has 0 bridgehead atoms. The number of benzene rings is 1. The molecule has 9 nitrogen and oxygen atoms in total. The summed E-state index contributed by atoms with van der Waals surface area (Å²) in [4.78, 5) is 30.0. The lowest BCUT2D eigenvalue weighted by Gasteiger charge is -2.11. The average Bonchev–Trinajstić information content (AvgIpc) is 3.58. The molecule has 3 N–H and O–H groups in total. The Kier molecular flexibility index (Phi) is 11.8. The number of nitrogens with one attached hydrogen (secondary N) is 3. The van der Waals surface area contributed by atoms with Gasteiger partial charge in [0.1, 0.15) is 0 Å². The van der Waals surface area contributed by atoms with Gasteiger partial charge in [0.05, 0.1) is 29.4 Å². The van der Waals surface area contributed by atoms with Gasteiger partial charge in [-0.1, -0.05) is 45.3 Å². The fourth-order valence-electron chi connectivity index (χ4n) is 4.37. The molecule has 1 unspecified atom stereocenters. The number of nitrogens with zero attached hydrogens (tertiary/aromatic N) is 4. The molecule has 0 radical (unpaired) electrons. The molecule has 0 fully saturated rings. The molecule has 3 rings (SSSR count). The number of unbranched alkanes of at least 4 members (excludes halogenated alkanes) is 1. The molecule has 0 saturated carbocycles. The quantitative estimate of drug-likeness (QED) is 0.102. The molecular weight excluding hydrogens is 526 g/mol. The van der Waals surface area contributed by atoms with Gasteiger partial charge in [-0.3, -0.25) is 4.79 Å². The summed E-state index contributed by atoms with van der Waals surface area (Å²) in [6.45, 7) is 18.6. The Labute approximate surface area is 250 Å². The molecule has 226 valence electrons. The SMILES string of the molecule is CCCC/C(=N/N=C(\C)CNC(=O)c1nc(-c2ccc3[nH]c(C(ON=C(C)C)=C(C)CC)cc3c2)c(C)[nH]1)C(C)CC. The van der Waals surface area contributed by atoms with Crippen molar-refractivity contribution in [3.63, 3.8) is 0 Å². The molecule has 0 spiro atoms. The van der Waals surface area contributed by atoms with Gasteiger partial charge >= 0.3 is 0 Å². The fourth-order valence-corrected chi connectivity index (χ4v) is 4.37. The van der Waals surface area contributed by atoms with Crippen LogP contribution in [-0.2, 0) is 4.84 Å². The maximum atomic E-state index is 12.9. The minimum Gasteiger partial charge on any atom is -0.355 e. The largest absolute Gasteiger partial charge is 0.355 e. The number of aromatic nitrogens is 3. The third kappa shape index (κ3) is 8.50. The van der Waals surface area contributed by atoms with Crippen LogP contribution in [0, 0.1) is 12.8 Å². The molecule has 0 aliphatic rings. The third-order valence-electron chi connectivity index (χ3n) is 7.30. The van der Waals surface area contributed by atoms with Crippen molar-refractivity contribution in [3.8, 4) is 11.3 Å². The normalized spacial score (nSPS) is 13.6.